The van der Waals surface area contributed by atoms with Crippen LogP contribution in [-0.2, 0) is 0 Å². The lowest BCUT2D eigenvalue weighted by molar-refractivity contribution is -0.0474. The number of allylic oxidation sites excluding steroid dienone is 1. The van der Waals surface area contributed by atoms with Gasteiger partial charge in [-0.25, -0.2) is 8.78 Å². The summed E-state index contributed by atoms with van der Waals surface area (Å²) >= 11 is 0. The van der Waals surface area contributed by atoms with E-state index in [-0.39, 0.29) is 0 Å². The molecule has 0 spiro atoms. The first kappa shape index (κ1) is 11.5. The standard InChI is InChI=1S/C8H15F2NO/c1-2-3-4-5-11-6-8(9,10)7-12/h2,11-12H,1,3-7H2. The highest BCUT2D eigenvalue weighted by Gasteiger charge is 2.26. The highest BCUT2D eigenvalue weighted by atomic mass is 19.3. The van der Waals surface area contributed by atoms with Crippen LogP contribution in [0, 0.1) is 0 Å². The minimum atomic E-state index is -2.99. The number of aliphatic hydroxyl groups excluding tert-OH is 1. The van der Waals surface area contributed by atoms with Crippen LogP contribution < -0.4 is 5.32 Å². The van der Waals surface area contributed by atoms with E-state index in [2.05, 4.69) is 11.9 Å². The van der Waals surface area contributed by atoms with Crippen molar-refractivity contribution in [1.29, 1.82) is 0 Å². The molecule has 0 amide bonds. The van der Waals surface area contributed by atoms with Gasteiger partial charge in [-0.1, -0.05) is 6.08 Å². The molecule has 2 nitrogen and oxygen atoms in total. The second kappa shape index (κ2) is 6.08. The maximum Gasteiger partial charge on any atom is 0.282 e. The second-order valence-corrected chi connectivity index (χ2v) is 2.62. The summed E-state index contributed by atoms with van der Waals surface area (Å²) in [7, 11) is 0. The lowest BCUT2D eigenvalue weighted by atomic mass is 10.3. The molecule has 0 aromatic heterocycles. The molecular weight excluding hydrogens is 164 g/mol. The van der Waals surface area contributed by atoms with Crippen LogP contribution in [0.3, 0.4) is 0 Å². The number of halogens is 2. The van der Waals surface area contributed by atoms with Gasteiger partial charge in [-0.3, -0.25) is 0 Å². The van der Waals surface area contributed by atoms with Gasteiger partial charge in [-0.2, -0.15) is 0 Å². The Labute approximate surface area is 71.3 Å². The van der Waals surface area contributed by atoms with Gasteiger partial charge >= 0.3 is 0 Å². The molecule has 0 saturated carbocycles. The molecule has 2 N–H and O–H groups in total. The fourth-order valence-electron chi connectivity index (χ4n) is 0.699. The van der Waals surface area contributed by atoms with Gasteiger partial charge < -0.3 is 10.4 Å². The van der Waals surface area contributed by atoms with E-state index in [0.717, 1.165) is 12.8 Å². The van der Waals surface area contributed by atoms with E-state index in [9.17, 15) is 8.78 Å². The smallest absolute Gasteiger partial charge is 0.282 e. The normalized spacial score (nSPS) is 11.6. The van der Waals surface area contributed by atoms with E-state index >= 15 is 0 Å². The Morgan fingerprint density at radius 3 is 2.67 bits per heavy atom. The zero-order chi connectivity index (χ0) is 9.45. The van der Waals surface area contributed by atoms with Gasteiger partial charge in [-0.15, -0.1) is 6.58 Å². The van der Waals surface area contributed by atoms with Gasteiger partial charge in [0.15, 0.2) is 0 Å². The Kier molecular flexibility index (Phi) is 5.84. The van der Waals surface area contributed by atoms with Crippen molar-refractivity contribution in [3.63, 3.8) is 0 Å². The molecule has 12 heavy (non-hydrogen) atoms. The van der Waals surface area contributed by atoms with E-state index in [0.29, 0.717) is 6.54 Å². The first-order valence-electron chi connectivity index (χ1n) is 3.92. The Morgan fingerprint density at radius 2 is 2.17 bits per heavy atom. The molecule has 0 aliphatic carbocycles. The molecule has 0 aromatic rings. The number of hydrogen-bond donors (Lipinski definition) is 2. The molecule has 4 heteroatoms. The molecule has 0 radical (unpaired) electrons. The molecule has 0 saturated heterocycles. The first-order chi connectivity index (χ1) is 5.62. The van der Waals surface area contributed by atoms with Gasteiger partial charge in [0.25, 0.3) is 5.92 Å². The van der Waals surface area contributed by atoms with Gasteiger partial charge in [0.1, 0.15) is 6.61 Å². The minimum Gasteiger partial charge on any atom is -0.390 e. The largest absolute Gasteiger partial charge is 0.390 e. The lowest BCUT2D eigenvalue weighted by Crippen LogP contribution is -2.36. The van der Waals surface area contributed by atoms with E-state index in [1.54, 1.807) is 6.08 Å². The van der Waals surface area contributed by atoms with Gasteiger partial charge in [0.05, 0.1) is 6.54 Å². The fourth-order valence-corrected chi connectivity index (χ4v) is 0.699. The third-order valence-electron chi connectivity index (χ3n) is 1.38. The van der Waals surface area contributed by atoms with Crippen LogP contribution in [-0.4, -0.2) is 30.7 Å². The zero-order valence-electron chi connectivity index (χ0n) is 7.02. The van der Waals surface area contributed by atoms with Crippen molar-refractivity contribution >= 4 is 0 Å². The highest BCUT2D eigenvalue weighted by Crippen LogP contribution is 2.09. The second-order valence-electron chi connectivity index (χ2n) is 2.62. The Bertz CT molecular complexity index is 128. The fraction of sp³-hybridized carbons (Fsp3) is 0.750. The average molecular weight is 179 g/mol. The van der Waals surface area contributed by atoms with Gasteiger partial charge in [0.2, 0.25) is 0 Å². The highest BCUT2D eigenvalue weighted by molar-refractivity contribution is 4.70. The van der Waals surface area contributed by atoms with Crippen molar-refractivity contribution in [2.75, 3.05) is 19.7 Å². The molecule has 0 aliphatic heterocycles. The monoisotopic (exact) mass is 179 g/mol. The molecule has 0 unspecified atom stereocenters. The summed E-state index contributed by atoms with van der Waals surface area (Å²) in [4.78, 5) is 0. The van der Waals surface area contributed by atoms with E-state index in [1.165, 1.54) is 0 Å². The van der Waals surface area contributed by atoms with Crippen molar-refractivity contribution in [1.82, 2.24) is 5.32 Å². The Hall–Kier alpha value is -0.480. The first-order valence-corrected chi connectivity index (χ1v) is 3.92. The number of hydrogen-bond acceptors (Lipinski definition) is 2. The predicted molar refractivity (Wildman–Crippen MR) is 44.3 cm³/mol. The summed E-state index contributed by atoms with van der Waals surface area (Å²) in [6.45, 7) is 2.48. The van der Waals surface area contributed by atoms with Crippen molar-refractivity contribution in [2.24, 2.45) is 0 Å². The van der Waals surface area contributed by atoms with Crippen molar-refractivity contribution in [2.45, 2.75) is 18.8 Å². The quantitative estimate of drug-likeness (QED) is 0.454. The number of alkyl halides is 2. The van der Waals surface area contributed by atoms with E-state index < -0.39 is 19.1 Å². The summed E-state index contributed by atoms with van der Waals surface area (Å²) in [5, 5.41) is 10.7. The van der Waals surface area contributed by atoms with Crippen LogP contribution in [0.1, 0.15) is 12.8 Å². The van der Waals surface area contributed by atoms with Crippen LogP contribution in [0.25, 0.3) is 0 Å². The van der Waals surface area contributed by atoms with E-state index in [4.69, 9.17) is 5.11 Å². The SMILES string of the molecule is C=CCCCNCC(F)(F)CO. The zero-order valence-corrected chi connectivity index (χ0v) is 7.02. The van der Waals surface area contributed by atoms with Crippen LogP contribution in [0.2, 0.25) is 0 Å². The summed E-state index contributed by atoms with van der Waals surface area (Å²) < 4.78 is 24.7. The molecule has 0 aliphatic rings. The number of unbranched alkanes of at least 4 members (excludes halogenated alkanes) is 1. The van der Waals surface area contributed by atoms with Gasteiger partial charge in [0, 0.05) is 0 Å². The average Bonchev–Trinajstić information content (AvgIpc) is 2.04. The minimum absolute atomic E-state index is 0.458. The molecule has 0 atom stereocenters. The van der Waals surface area contributed by atoms with Gasteiger partial charge in [-0.05, 0) is 19.4 Å². The van der Waals surface area contributed by atoms with Crippen molar-refractivity contribution in [3.8, 4) is 0 Å². The van der Waals surface area contributed by atoms with Crippen LogP contribution in [0.4, 0.5) is 8.78 Å². The van der Waals surface area contributed by atoms with Crippen LogP contribution in [0.15, 0.2) is 12.7 Å². The molecule has 72 valence electrons. The van der Waals surface area contributed by atoms with Crippen molar-refractivity contribution in [3.05, 3.63) is 12.7 Å². The summed E-state index contributed by atoms with van der Waals surface area (Å²) in [6.07, 6.45) is 3.36. The topological polar surface area (TPSA) is 32.3 Å². The number of aliphatic hydroxyl groups is 1. The predicted octanol–water partition coefficient (Wildman–Crippen LogP) is 1.17. The molecular formula is C8H15F2NO. The van der Waals surface area contributed by atoms with E-state index in [1.807, 2.05) is 0 Å². The maximum atomic E-state index is 12.3. The molecule has 0 aromatic carbocycles. The molecule has 0 bridgehead atoms. The lowest BCUT2D eigenvalue weighted by Gasteiger charge is -2.13. The van der Waals surface area contributed by atoms with Crippen LogP contribution >= 0.6 is 0 Å². The molecule has 0 heterocycles. The summed E-state index contributed by atoms with van der Waals surface area (Å²) in [5.74, 6) is -2.99. The maximum absolute atomic E-state index is 12.3. The molecule has 0 fully saturated rings. The number of nitrogens with one attached hydrogen (secondary N) is 1. The van der Waals surface area contributed by atoms with Crippen LogP contribution in [0.5, 0.6) is 0 Å². The molecule has 0 rings (SSSR count). The third kappa shape index (κ3) is 6.24. The van der Waals surface area contributed by atoms with Crippen molar-refractivity contribution < 1.29 is 13.9 Å². The Balaban J connectivity index is 3.24. The summed E-state index contributed by atoms with van der Waals surface area (Å²) in [6, 6.07) is 0. The summed E-state index contributed by atoms with van der Waals surface area (Å²) in [5.41, 5.74) is 0. The number of rotatable bonds is 7. The third-order valence-corrected chi connectivity index (χ3v) is 1.38. The Morgan fingerprint density at radius 1 is 1.50 bits per heavy atom.